The number of hydrogen-bond acceptors (Lipinski definition) is 3. The van der Waals surface area contributed by atoms with Gasteiger partial charge in [0, 0.05) is 30.6 Å². The SMILES string of the molecule is O=C(Cc1[nH]nc2ccccc12)N1CC=C(n2c(=O)[nH]c3ccccc32)CC1. The maximum atomic E-state index is 12.8. The van der Waals surface area contributed by atoms with Gasteiger partial charge in [0.15, 0.2) is 0 Å². The second kappa shape index (κ2) is 6.53. The zero-order valence-corrected chi connectivity index (χ0v) is 15.2. The summed E-state index contributed by atoms with van der Waals surface area (Å²) in [6, 6.07) is 15.4. The van der Waals surface area contributed by atoms with Crippen molar-refractivity contribution in [2.24, 2.45) is 0 Å². The molecule has 2 N–H and O–H groups in total. The van der Waals surface area contributed by atoms with E-state index in [1.807, 2.05) is 59.5 Å². The van der Waals surface area contributed by atoms with E-state index < -0.39 is 0 Å². The summed E-state index contributed by atoms with van der Waals surface area (Å²) in [5.74, 6) is 0.0518. The van der Waals surface area contributed by atoms with Gasteiger partial charge in [0.1, 0.15) is 0 Å². The molecule has 4 aromatic rings. The molecule has 1 aliphatic heterocycles. The minimum absolute atomic E-state index is 0.0518. The Balaban J connectivity index is 1.36. The second-order valence-electron chi connectivity index (χ2n) is 6.96. The minimum Gasteiger partial charge on any atom is -0.338 e. The first-order chi connectivity index (χ1) is 13.7. The lowest BCUT2D eigenvalue weighted by atomic mass is 10.1. The predicted octanol–water partition coefficient (Wildman–Crippen LogP) is 2.52. The number of nitrogens with one attached hydrogen (secondary N) is 2. The van der Waals surface area contributed by atoms with Gasteiger partial charge in [-0.3, -0.25) is 14.5 Å². The summed E-state index contributed by atoms with van der Waals surface area (Å²) in [4.78, 5) is 29.8. The van der Waals surface area contributed by atoms with Gasteiger partial charge in [-0.15, -0.1) is 0 Å². The van der Waals surface area contributed by atoms with Crippen LogP contribution in [0.15, 0.2) is 59.4 Å². The van der Waals surface area contributed by atoms with Crippen LogP contribution in [0.25, 0.3) is 27.6 Å². The van der Waals surface area contributed by atoms with Crippen molar-refractivity contribution >= 4 is 33.5 Å². The molecule has 0 fully saturated rings. The Hall–Kier alpha value is -3.61. The zero-order chi connectivity index (χ0) is 19.1. The van der Waals surface area contributed by atoms with Gasteiger partial charge in [0.25, 0.3) is 0 Å². The number of H-pyrrole nitrogens is 2. The molecule has 0 atom stereocenters. The molecular formula is C21H19N5O2. The summed E-state index contributed by atoms with van der Waals surface area (Å²) in [6.45, 7) is 1.08. The first kappa shape index (κ1) is 16.6. The normalized spacial score (nSPS) is 14.6. The molecule has 5 rings (SSSR count). The molecule has 0 unspecified atom stereocenters. The number of amides is 1. The highest BCUT2D eigenvalue weighted by Gasteiger charge is 2.21. The zero-order valence-electron chi connectivity index (χ0n) is 15.2. The van der Waals surface area contributed by atoms with E-state index in [0.717, 1.165) is 33.3 Å². The molecule has 140 valence electrons. The van der Waals surface area contributed by atoms with Gasteiger partial charge in [-0.05, 0) is 24.3 Å². The van der Waals surface area contributed by atoms with E-state index in [4.69, 9.17) is 0 Å². The first-order valence-corrected chi connectivity index (χ1v) is 9.29. The van der Waals surface area contributed by atoms with Gasteiger partial charge in [0.05, 0.1) is 28.7 Å². The van der Waals surface area contributed by atoms with Crippen molar-refractivity contribution in [3.63, 3.8) is 0 Å². The van der Waals surface area contributed by atoms with E-state index in [1.165, 1.54) is 0 Å². The van der Waals surface area contributed by atoms with Crippen LogP contribution in [-0.2, 0) is 11.2 Å². The fourth-order valence-electron chi connectivity index (χ4n) is 3.84. The van der Waals surface area contributed by atoms with Crippen LogP contribution >= 0.6 is 0 Å². The van der Waals surface area contributed by atoms with Crippen LogP contribution in [0.3, 0.4) is 0 Å². The highest BCUT2D eigenvalue weighted by atomic mass is 16.2. The third-order valence-corrected chi connectivity index (χ3v) is 5.28. The smallest absolute Gasteiger partial charge is 0.330 e. The number of nitrogens with zero attached hydrogens (tertiary/aromatic N) is 3. The molecule has 0 saturated carbocycles. The third kappa shape index (κ3) is 2.72. The number of benzene rings is 2. The summed E-state index contributed by atoms with van der Waals surface area (Å²) in [5.41, 5.74) is 4.17. The lowest BCUT2D eigenvalue weighted by Crippen LogP contribution is -2.37. The van der Waals surface area contributed by atoms with Crippen LogP contribution in [0.1, 0.15) is 12.1 Å². The van der Waals surface area contributed by atoms with Crippen LogP contribution in [0.2, 0.25) is 0 Å². The summed E-state index contributed by atoms with van der Waals surface area (Å²) in [6.07, 6.45) is 2.89. The molecular weight excluding hydrogens is 354 g/mol. The van der Waals surface area contributed by atoms with Crippen LogP contribution < -0.4 is 5.69 Å². The molecule has 2 aromatic carbocycles. The molecule has 0 spiro atoms. The lowest BCUT2D eigenvalue weighted by molar-refractivity contribution is -0.130. The fraction of sp³-hybridized carbons (Fsp3) is 0.190. The van der Waals surface area contributed by atoms with Gasteiger partial charge < -0.3 is 9.88 Å². The fourth-order valence-corrected chi connectivity index (χ4v) is 3.84. The van der Waals surface area contributed by atoms with E-state index >= 15 is 0 Å². The average Bonchev–Trinajstić information content (AvgIpc) is 3.28. The van der Waals surface area contributed by atoms with Gasteiger partial charge in [-0.1, -0.05) is 30.3 Å². The van der Waals surface area contributed by atoms with Gasteiger partial charge >= 0.3 is 5.69 Å². The van der Waals surface area contributed by atoms with Crippen molar-refractivity contribution in [3.8, 4) is 0 Å². The van der Waals surface area contributed by atoms with Crippen LogP contribution in [0.4, 0.5) is 0 Å². The number of fused-ring (bicyclic) bond motifs is 2. The number of para-hydroxylation sites is 3. The van der Waals surface area contributed by atoms with Crippen molar-refractivity contribution in [2.75, 3.05) is 13.1 Å². The number of carbonyl (C=O) groups excluding carboxylic acids is 1. The Morgan fingerprint density at radius 3 is 2.79 bits per heavy atom. The number of imidazole rings is 1. The summed E-state index contributed by atoms with van der Waals surface area (Å²) in [7, 11) is 0. The molecule has 1 aliphatic rings. The third-order valence-electron chi connectivity index (χ3n) is 5.28. The lowest BCUT2D eigenvalue weighted by Gasteiger charge is -2.26. The summed E-state index contributed by atoms with van der Waals surface area (Å²) < 4.78 is 1.71. The number of aromatic nitrogens is 4. The van der Waals surface area contributed by atoms with Crippen LogP contribution in [0.5, 0.6) is 0 Å². The van der Waals surface area contributed by atoms with Crippen LogP contribution in [-0.4, -0.2) is 43.6 Å². The van der Waals surface area contributed by atoms with Gasteiger partial charge in [-0.25, -0.2) is 4.79 Å². The predicted molar refractivity (Wildman–Crippen MR) is 108 cm³/mol. The number of hydrogen-bond donors (Lipinski definition) is 2. The highest BCUT2D eigenvalue weighted by molar-refractivity contribution is 5.87. The molecule has 0 saturated heterocycles. The number of aromatic amines is 2. The maximum Gasteiger partial charge on any atom is 0.330 e. The van der Waals surface area contributed by atoms with E-state index in [0.29, 0.717) is 19.5 Å². The number of rotatable bonds is 3. The Kier molecular flexibility index (Phi) is 3.86. The van der Waals surface area contributed by atoms with E-state index in [9.17, 15) is 9.59 Å². The monoisotopic (exact) mass is 373 g/mol. The second-order valence-corrected chi connectivity index (χ2v) is 6.96. The maximum absolute atomic E-state index is 12.8. The van der Waals surface area contributed by atoms with Gasteiger partial charge in [0.2, 0.25) is 5.91 Å². The molecule has 0 radical (unpaired) electrons. The van der Waals surface area contributed by atoms with Crippen molar-refractivity contribution in [3.05, 3.63) is 70.8 Å². The Bertz CT molecular complexity index is 1280. The molecule has 2 aromatic heterocycles. The standard InChI is InChI=1S/C21H19N5O2/c27-20(13-18-15-5-1-2-6-16(15)23-24-18)25-11-9-14(10-12-25)26-19-8-4-3-7-17(19)22-21(26)28/h1-9H,10-13H2,(H,22,28)(H,23,24). The molecule has 0 aliphatic carbocycles. The topological polar surface area (TPSA) is 86.8 Å². The molecule has 0 bridgehead atoms. The van der Waals surface area contributed by atoms with Crippen molar-refractivity contribution in [1.29, 1.82) is 0 Å². The van der Waals surface area contributed by atoms with Gasteiger partial charge in [-0.2, -0.15) is 5.10 Å². The first-order valence-electron chi connectivity index (χ1n) is 9.29. The summed E-state index contributed by atoms with van der Waals surface area (Å²) >= 11 is 0. The van der Waals surface area contributed by atoms with Crippen molar-refractivity contribution < 1.29 is 4.79 Å². The van der Waals surface area contributed by atoms with E-state index in [2.05, 4.69) is 15.2 Å². The van der Waals surface area contributed by atoms with Crippen molar-refractivity contribution in [2.45, 2.75) is 12.8 Å². The molecule has 7 nitrogen and oxygen atoms in total. The molecule has 7 heteroatoms. The van der Waals surface area contributed by atoms with Crippen LogP contribution in [0, 0.1) is 0 Å². The minimum atomic E-state index is -0.142. The molecule has 3 heterocycles. The summed E-state index contributed by atoms with van der Waals surface area (Å²) in [5, 5.41) is 8.21. The Labute approximate surface area is 160 Å². The largest absolute Gasteiger partial charge is 0.338 e. The van der Waals surface area contributed by atoms with E-state index in [-0.39, 0.29) is 18.0 Å². The highest BCUT2D eigenvalue weighted by Crippen LogP contribution is 2.21. The van der Waals surface area contributed by atoms with Crippen molar-refractivity contribution in [1.82, 2.24) is 24.6 Å². The molecule has 28 heavy (non-hydrogen) atoms. The molecule has 1 amide bonds. The Morgan fingerprint density at radius 2 is 1.93 bits per heavy atom. The average molecular weight is 373 g/mol. The van der Waals surface area contributed by atoms with E-state index in [1.54, 1.807) is 4.57 Å². The quantitative estimate of drug-likeness (QED) is 0.579. The number of carbonyl (C=O) groups is 1. The Morgan fingerprint density at radius 1 is 1.11 bits per heavy atom.